The Labute approximate surface area is 142 Å². The summed E-state index contributed by atoms with van der Waals surface area (Å²) in [5.74, 6) is -1.35. The number of hydrogen-bond acceptors (Lipinski definition) is 4. The van der Waals surface area contributed by atoms with Gasteiger partial charge < -0.3 is 0 Å². The number of fused-ring (bicyclic) bond motifs is 1. The van der Waals surface area contributed by atoms with Crippen LogP contribution in [0.3, 0.4) is 0 Å². The van der Waals surface area contributed by atoms with Crippen LogP contribution in [0.1, 0.15) is 5.82 Å². The van der Waals surface area contributed by atoms with Crippen LogP contribution in [0.4, 0.5) is 13.2 Å². The van der Waals surface area contributed by atoms with Gasteiger partial charge in [0, 0.05) is 17.6 Å². The molecule has 0 spiro atoms. The fourth-order valence-electron chi connectivity index (χ4n) is 2.18. The lowest BCUT2D eigenvalue weighted by Gasteiger charge is -2.13. The normalized spacial score (nSPS) is 11.9. The zero-order valence-electron chi connectivity index (χ0n) is 11.9. The van der Waals surface area contributed by atoms with E-state index in [0.717, 1.165) is 7.05 Å². The SMILES string of the molecule is Cn1c(C(F)(F)F)nc2c(-c3ccc(Cl)cc3)nc(Cl)nc2c1=O. The van der Waals surface area contributed by atoms with Gasteiger partial charge in [0.25, 0.3) is 5.56 Å². The van der Waals surface area contributed by atoms with E-state index in [4.69, 9.17) is 23.2 Å². The first-order valence-corrected chi connectivity index (χ1v) is 7.21. The molecule has 0 saturated heterocycles. The maximum atomic E-state index is 13.1. The topological polar surface area (TPSA) is 60.7 Å². The first kappa shape index (κ1) is 16.7. The second-order valence-electron chi connectivity index (χ2n) is 4.84. The predicted octanol–water partition coefficient (Wildman–Crippen LogP) is 3.72. The second-order valence-corrected chi connectivity index (χ2v) is 5.62. The Hall–Kier alpha value is -2.19. The Balaban J connectivity index is 2.44. The summed E-state index contributed by atoms with van der Waals surface area (Å²) in [5, 5.41) is 0.161. The number of hydrogen-bond donors (Lipinski definition) is 0. The molecule has 0 bridgehead atoms. The van der Waals surface area contributed by atoms with Gasteiger partial charge >= 0.3 is 6.18 Å². The highest BCUT2D eigenvalue weighted by Crippen LogP contribution is 2.30. The number of aromatic nitrogens is 4. The van der Waals surface area contributed by atoms with Gasteiger partial charge in [0.1, 0.15) is 11.2 Å². The maximum Gasteiger partial charge on any atom is 0.449 e. The van der Waals surface area contributed by atoms with Crippen LogP contribution in [0.2, 0.25) is 10.3 Å². The third kappa shape index (κ3) is 2.83. The molecule has 5 nitrogen and oxygen atoms in total. The molecule has 0 unspecified atom stereocenters. The number of halogens is 5. The Morgan fingerprint density at radius 1 is 1.00 bits per heavy atom. The van der Waals surface area contributed by atoms with Crippen molar-refractivity contribution in [2.75, 3.05) is 0 Å². The van der Waals surface area contributed by atoms with E-state index in [0.29, 0.717) is 15.2 Å². The highest BCUT2D eigenvalue weighted by molar-refractivity contribution is 6.30. The van der Waals surface area contributed by atoms with Crippen molar-refractivity contribution in [3.63, 3.8) is 0 Å². The van der Waals surface area contributed by atoms with E-state index < -0.39 is 17.6 Å². The van der Waals surface area contributed by atoms with Gasteiger partial charge in [-0.1, -0.05) is 23.7 Å². The summed E-state index contributed by atoms with van der Waals surface area (Å²) in [7, 11) is 0.968. The van der Waals surface area contributed by atoms with Crippen molar-refractivity contribution in [3.05, 3.63) is 50.7 Å². The van der Waals surface area contributed by atoms with Crippen LogP contribution >= 0.6 is 23.2 Å². The highest BCUT2D eigenvalue weighted by Gasteiger charge is 2.37. The Kier molecular flexibility index (Phi) is 3.97. The third-order valence-corrected chi connectivity index (χ3v) is 3.69. The average Bonchev–Trinajstić information content (AvgIpc) is 2.50. The summed E-state index contributed by atoms with van der Waals surface area (Å²) >= 11 is 11.6. The Morgan fingerprint density at radius 2 is 1.62 bits per heavy atom. The summed E-state index contributed by atoms with van der Waals surface area (Å²) in [6, 6.07) is 6.13. The number of nitrogens with zero attached hydrogens (tertiary/aromatic N) is 4. The average molecular weight is 375 g/mol. The van der Waals surface area contributed by atoms with E-state index >= 15 is 0 Å². The molecule has 1 aromatic carbocycles. The second kappa shape index (κ2) is 5.71. The summed E-state index contributed by atoms with van der Waals surface area (Å²) in [6.07, 6.45) is -4.81. The van der Waals surface area contributed by atoms with Crippen molar-refractivity contribution < 1.29 is 13.2 Å². The zero-order chi connectivity index (χ0) is 17.6. The molecular formula is C14H7Cl2F3N4O. The lowest BCUT2D eigenvalue weighted by molar-refractivity contribution is -0.147. The van der Waals surface area contributed by atoms with Gasteiger partial charge in [-0.25, -0.2) is 15.0 Å². The largest absolute Gasteiger partial charge is 0.449 e. The molecule has 0 saturated carbocycles. The molecule has 0 atom stereocenters. The molecule has 0 aliphatic heterocycles. The molecule has 0 aliphatic carbocycles. The first-order valence-electron chi connectivity index (χ1n) is 6.46. The van der Waals surface area contributed by atoms with Crippen LogP contribution in [0.15, 0.2) is 29.1 Å². The van der Waals surface area contributed by atoms with Gasteiger partial charge in [-0.15, -0.1) is 0 Å². The van der Waals surface area contributed by atoms with Crippen molar-refractivity contribution >= 4 is 34.2 Å². The van der Waals surface area contributed by atoms with Crippen LogP contribution in [0.5, 0.6) is 0 Å². The fraction of sp³-hybridized carbons (Fsp3) is 0.143. The maximum absolute atomic E-state index is 13.1. The molecule has 24 heavy (non-hydrogen) atoms. The van der Waals surface area contributed by atoms with Crippen molar-refractivity contribution in [2.24, 2.45) is 7.05 Å². The fourth-order valence-corrected chi connectivity index (χ4v) is 2.48. The molecule has 3 aromatic rings. The minimum atomic E-state index is -4.81. The minimum absolute atomic E-state index is 0.0184. The number of benzene rings is 1. The molecule has 0 amide bonds. The van der Waals surface area contributed by atoms with Crippen molar-refractivity contribution in [3.8, 4) is 11.3 Å². The van der Waals surface area contributed by atoms with Gasteiger partial charge in [0.2, 0.25) is 11.1 Å². The quantitative estimate of drug-likeness (QED) is 0.609. The van der Waals surface area contributed by atoms with E-state index in [2.05, 4.69) is 15.0 Å². The molecule has 0 N–H and O–H groups in total. The van der Waals surface area contributed by atoms with E-state index in [-0.39, 0.29) is 22.0 Å². The first-order chi connectivity index (χ1) is 11.2. The molecule has 0 fully saturated rings. The van der Waals surface area contributed by atoms with Crippen LogP contribution in [0, 0.1) is 0 Å². The van der Waals surface area contributed by atoms with Gasteiger partial charge in [-0.3, -0.25) is 9.36 Å². The van der Waals surface area contributed by atoms with Crippen LogP contribution < -0.4 is 5.56 Å². The number of alkyl halides is 3. The Bertz CT molecular complexity index is 1000. The summed E-state index contributed by atoms with van der Waals surface area (Å²) in [5.41, 5.74) is -1.12. The predicted molar refractivity (Wildman–Crippen MR) is 83.0 cm³/mol. The lowest BCUT2D eigenvalue weighted by atomic mass is 10.1. The van der Waals surface area contributed by atoms with Crippen LogP contribution in [-0.2, 0) is 13.2 Å². The van der Waals surface area contributed by atoms with E-state index in [1.807, 2.05) is 0 Å². The summed E-state index contributed by atoms with van der Waals surface area (Å²) in [4.78, 5) is 23.5. The zero-order valence-corrected chi connectivity index (χ0v) is 13.4. The van der Waals surface area contributed by atoms with Crippen molar-refractivity contribution in [1.82, 2.24) is 19.5 Å². The molecule has 124 valence electrons. The molecule has 0 aliphatic rings. The standard InChI is InChI=1S/C14H7Cl2F3N4O/c1-23-11(24)10-9(20-12(23)14(17,18)19)8(21-13(16)22-10)6-2-4-7(15)5-3-6/h2-5H,1H3. The molecule has 0 radical (unpaired) electrons. The van der Waals surface area contributed by atoms with E-state index in [1.54, 1.807) is 0 Å². The monoisotopic (exact) mass is 374 g/mol. The summed E-state index contributed by atoms with van der Waals surface area (Å²) < 4.78 is 39.7. The highest BCUT2D eigenvalue weighted by atomic mass is 35.5. The third-order valence-electron chi connectivity index (χ3n) is 3.27. The van der Waals surface area contributed by atoms with Gasteiger partial charge in [0.15, 0.2) is 5.52 Å². The lowest BCUT2D eigenvalue weighted by Crippen LogP contribution is -2.28. The van der Waals surface area contributed by atoms with Crippen molar-refractivity contribution in [1.29, 1.82) is 0 Å². The summed E-state index contributed by atoms with van der Waals surface area (Å²) in [6.45, 7) is 0. The Morgan fingerprint density at radius 3 is 2.21 bits per heavy atom. The molecule has 10 heteroatoms. The van der Waals surface area contributed by atoms with Gasteiger partial charge in [-0.05, 0) is 23.7 Å². The minimum Gasteiger partial charge on any atom is -0.290 e. The molecule has 2 heterocycles. The van der Waals surface area contributed by atoms with E-state index in [1.165, 1.54) is 24.3 Å². The van der Waals surface area contributed by atoms with Crippen LogP contribution in [-0.4, -0.2) is 19.5 Å². The smallest absolute Gasteiger partial charge is 0.290 e. The molecule has 2 aromatic heterocycles. The molecular weight excluding hydrogens is 368 g/mol. The molecule has 3 rings (SSSR count). The van der Waals surface area contributed by atoms with Crippen molar-refractivity contribution in [2.45, 2.75) is 6.18 Å². The van der Waals surface area contributed by atoms with Crippen LogP contribution in [0.25, 0.3) is 22.3 Å². The van der Waals surface area contributed by atoms with Gasteiger partial charge in [0.05, 0.1) is 0 Å². The van der Waals surface area contributed by atoms with Gasteiger partial charge in [-0.2, -0.15) is 13.2 Å². The number of rotatable bonds is 1. The van der Waals surface area contributed by atoms with E-state index in [9.17, 15) is 18.0 Å².